The number of carbonyl (C=O) groups excluding carboxylic acids is 1. The Hall–Kier alpha value is -0.0500. The van der Waals surface area contributed by atoms with Crippen LogP contribution in [0.2, 0.25) is 0 Å². The lowest BCUT2D eigenvalue weighted by Crippen LogP contribution is -2.38. The van der Waals surface area contributed by atoms with Gasteiger partial charge in [-0.3, -0.25) is 4.79 Å². The molecule has 0 bridgehead atoms. The molecule has 0 radical (unpaired) electrons. The molecule has 2 nitrogen and oxygen atoms in total. The maximum atomic E-state index is 11.9. The van der Waals surface area contributed by atoms with Crippen LogP contribution in [0, 0.1) is 11.8 Å². The lowest BCUT2D eigenvalue weighted by Gasteiger charge is -2.26. The Labute approximate surface area is 101 Å². The maximum Gasteiger partial charge on any atom is 0.223 e. The second-order valence-corrected chi connectivity index (χ2v) is 5.64. The molecule has 1 aliphatic rings. The Morgan fingerprint density at radius 1 is 1.40 bits per heavy atom. The highest BCUT2D eigenvalue weighted by molar-refractivity contribution is 9.09. The highest BCUT2D eigenvalue weighted by atomic mass is 79.9. The first kappa shape index (κ1) is 13.0. The predicted molar refractivity (Wildman–Crippen MR) is 67.1 cm³/mol. The molecule has 1 rings (SSSR count). The smallest absolute Gasteiger partial charge is 0.223 e. The third-order valence-corrected chi connectivity index (χ3v) is 3.78. The number of halogens is 1. The predicted octanol–water partition coefficient (Wildman–Crippen LogP) is 3.10. The van der Waals surface area contributed by atoms with Gasteiger partial charge in [0.25, 0.3) is 0 Å². The van der Waals surface area contributed by atoms with Crippen LogP contribution >= 0.6 is 15.9 Å². The zero-order valence-electron chi connectivity index (χ0n) is 9.76. The molecule has 0 spiro atoms. The fourth-order valence-corrected chi connectivity index (χ4v) is 2.81. The number of amides is 1. The van der Waals surface area contributed by atoms with Gasteiger partial charge in [-0.2, -0.15) is 0 Å². The molecule has 1 saturated carbocycles. The zero-order chi connectivity index (χ0) is 11.3. The molecule has 3 heteroatoms. The van der Waals surface area contributed by atoms with Crippen molar-refractivity contribution >= 4 is 21.8 Å². The maximum absolute atomic E-state index is 11.9. The monoisotopic (exact) mass is 275 g/mol. The normalized spacial score (nSPS) is 28.5. The van der Waals surface area contributed by atoms with Gasteiger partial charge in [-0.25, -0.2) is 0 Å². The minimum Gasteiger partial charge on any atom is -0.353 e. The minimum atomic E-state index is 0.273. The highest BCUT2D eigenvalue weighted by Crippen LogP contribution is 2.28. The van der Waals surface area contributed by atoms with Crippen molar-refractivity contribution in [2.45, 2.75) is 52.0 Å². The van der Waals surface area contributed by atoms with Crippen molar-refractivity contribution in [2.75, 3.05) is 5.33 Å². The molecule has 1 aliphatic carbocycles. The van der Waals surface area contributed by atoms with E-state index < -0.39 is 0 Å². The number of rotatable bonds is 4. The van der Waals surface area contributed by atoms with E-state index in [4.69, 9.17) is 0 Å². The third kappa shape index (κ3) is 4.54. The average molecular weight is 276 g/mol. The van der Waals surface area contributed by atoms with Crippen LogP contribution < -0.4 is 5.32 Å². The summed E-state index contributed by atoms with van der Waals surface area (Å²) in [6.07, 6.45) is 5.59. The van der Waals surface area contributed by atoms with Gasteiger partial charge < -0.3 is 5.32 Å². The molecular weight excluding hydrogens is 254 g/mol. The molecule has 0 aromatic carbocycles. The van der Waals surface area contributed by atoms with Gasteiger partial charge in [-0.15, -0.1) is 0 Å². The fourth-order valence-electron chi connectivity index (χ4n) is 2.12. The van der Waals surface area contributed by atoms with Crippen LogP contribution in [0.15, 0.2) is 0 Å². The van der Waals surface area contributed by atoms with Crippen molar-refractivity contribution in [3.8, 4) is 0 Å². The first-order valence-corrected chi connectivity index (χ1v) is 7.12. The van der Waals surface area contributed by atoms with Gasteiger partial charge >= 0.3 is 0 Å². The number of nitrogens with one attached hydrogen (secondary N) is 1. The van der Waals surface area contributed by atoms with Crippen LogP contribution in [0.25, 0.3) is 0 Å². The summed E-state index contributed by atoms with van der Waals surface area (Å²) in [5.74, 6) is 1.36. The first-order chi connectivity index (χ1) is 7.13. The number of hydrogen-bond donors (Lipinski definition) is 1. The summed E-state index contributed by atoms with van der Waals surface area (Å²) in [6.45, 7) is 4.35. The van der Waals surface area contributed by atoms with E-state index in [1.165, 1.54) is 12.8 Å². The van der Waals surface area contributed by atoms with Crippen molar-refractivity contribution in [1.82, 2.24) is 5.32 Å². The molecule has 0 aromatic rings. The summed E-state index contributed by atoms with van der Waals surface area (Å²) in [7, 11) is 0. The van der Waals surface area contributed by atoms with E-state index in [1.807, 2.05) is 0 Å². The van der Waals surface area contributed by atoms with E-state index in [1.54, 1.807) is 0 Å². The molecule has 1 unspecified atom stereocenters. The SMILES string of the molecule is CC1CCC(C(=O)NC(C)CCBr)CC1. The molecule has 0 heterocycles. The fraction of sp³-hybridized carbons (Fsp3) is 0.917. The Morgan fingerprint density at radius 3 is 2.53 bits per heavy atom. The summed E-state index contributed by atoms with van der Waals surface area (Å²) in [4.78, 5) is 11.9. The van der Waals surface area contributed by atoms with Gasteiger partial charge in [0.2, 0.25) is 5.91 Å². The number of hydrogen-bond acceptors (Lipinski definition) is 1. The van der Waals surface area contributed by atoms with E-state index in [0.29, 0.717) is 6.04 Å². The molecular formula is C12H22BrNO. The van der Waals surface area contributed by atoms with Crippen molar-refractivity contribution in [3.05, 3.63) is 0 Å². The summed E-state index contributed by atoms with van der Waals surface area (Å²) >= 11 is 3.39. The van der Waals surface area contributed by atoms with Crippen molar-refractivity contribution in [3.63, 3.8) is 0 Å². The van der Waals surface area contributed by atoms with Crippen LogP contribution in [-0.2, 0) is 4.79 Å². The van der Waals surface area contributed by atoms with Gasteiger partial charge in [0, 0.05) is 17.3 Å². The van der Waals surface area contributed by atoms with E-state index >= 15 is 0 Å². The van der Waals surface area contributed by atoms with Crippen LogP contribution in [0.1, 0.15) is 46.0 Å². The topological polar surface area (TPSA) is 29.1 Å². The summed E-state index contributed by atoms with van der Waals surface area (Å²) < 4.78 is 0. The molecule has 15 heavy (non-hydrogen) atoms. The Morgan fingerprint density at radius 2 is 2.00 bits per heavy atom. The largest absolute Gasteiger partial charge is 0.353 e. The van der Waals surface area contributed by atoms with Gasteiger partial charge in [-0.05, 0) is 44.9 Å². The highest BCUT2D eigenvalue weighted by Gasteiger charge is 2.24. The number of alkyl halides is 1. The molecule has 1 N–H and O–H groups in total. The molecule has 1 amide bonds. The van der Waals surface area contributed by atoms with Crippen molar-refractivity contribution in [1.29, 1.82) is 0 Å². The van der Waals surface area contributed by atoms with Crippen molar-refractivity contribution in [2.24, 2.45) is 11.8 Å². The van der Waals surface area contributed by atoms with Crippen LogP contribution in [0.5, 0.6) is 0 Å². The molecule has 0 aliphatic heterocycles. The molecule has 0 aromatic heterocycles. The molecule has 0 saturated heterocycles. The minimum absolute atomic E-state index is 0.273. The van der Waals surface area contributed by atoms with E-state index in [-0.39, 0.29) is 11.8 Å². The van der Waals surface area contributed by atoms with Crippen molar-refractivity contribution < 1.29 is 4.79 Å². The Kier molecular flexibility index (Phi) is 5.65. The summed E-state index contributed by atoms with van der Waals surface area (Å²) in [5, 5.41) is 4.05. The van der Waals surface area contributed by atoms with E-state index in [0.717, 1.165) is 30.5 Å². The Balaban J connectivity index is 2.27. The lowest BCUT2D eigenvalue weighted by molar-refractivity contribution is -0.126. The zero-order valence-corrected chi connectivity index (χ0v) is 11.3. The molecule has 1 fully saturated rings. The molecule has 88 valence electrons. The second kappa shape index (κ2) is 6.51. The quantitative estimate of drug-likeness (QED) is 0.785. The van der Waals surface area contributed by atoms with Crippen LogP contribution in [-0.4, -0.2) is 17.3 Å². The Bertz CT molecular complexity index is 200. The van der Waals surface area contributed by atoms with Gasteiger partial charge in [0.1, 0.15) is 0 Å². The average Bonchev–Trinajstić information content (AvgIpc) is 2.18. The molecule has 1 atom stereocenters. The lowest BCUT2D eigenvalue weighted by atomic mass is 9.82. The van der Waals surface area contributed by atoms with Gasteiger partial charge in [0.15, 0.2) is 0 Å². The van der Waals surface area contributed by atoms with E-state index in [2.05, 4.69) is 35.1 Å². The van der Waals surface area contributed by atoms with Gasteiger partial charge in [0.05, 0.1) is 0 Å². The van der Waals surface area contributed by atoms with Crippen LogP contribution in [0.4, 0.5) is 0 Å². The van der Waals surface area contributed by atoms with Gasteiger partial charge in [-0.1, -0.05) is 22.9 Å². The summed E-state index contributed by atoms with van der Waals surface area (Å²) in [5.41, 5.74) is 0. The first-order valence-electron chi connectivity index (χ1n) is 5.99. The third-order valence-electron chi connectivity index (χ3n) is 3.32. The van der Waals surface area contributed by atoms with E-state index in [9.17, 15) is 4.79 Å². The summed E-state index contributed by atoms with van der Waals surface area (Å²) in [6, 6.07) is 0.302. The second-order valence-electron chi connectivity index (χ2n) is 4.84. The number of carbonyl (C=O) groups is 1. The van der Waals surface area contributed by atoms with Crippen LogP contribution in [0.3, 0.4) is 0 Å². The standard InChI is InChI=1S/C12H22BrNO/c1-9-3-5-11(6-4-9)12(15)14-10(2)7-8-13/h9-11H,3-8H2,1-2H3,(H,14,15).